The minimum absolute atomic E-state index is 0.307. The van der Waals surface area contributed by atoms with Crippen LogP contribution in [-0.2, 0) is 42.9 Å². The third-order valence-electron chi connectivity index (χ3n) is 5.94. The number of para-hydroxylation sites is 1. The molecule has 0 radical (unpaired) electrons. The molecule has 0 unspecified atom stereocenters. The number of carbonyl (C=O) groups is 4. The van der Waals surface area contributed by atoms with Gasteiger partial charge in [-0.3, -0.25) is 19.2 Å². The second-order valence-electron chi connectivity index (χ2n) is 8.88. The number of hydrogen-bond donors (Lipinski definition) is 1. The molecule has 12 nitrogen and oxygen atoms in total. The van der Waals surface area contributed by atoms with Crippen LogP contribution in [0.25, 0.3) is 0 Å². The number of nitrogens with one attached hydrogen (secondary N) is 1. The number of rotatable bonds is 7. The predicted octanol–water partition coefficient (Wildman–Crippen LogP) is 0.766. The van der Waals surface area contributed by atoms with E-state index in [2.05, 4.69) is 10.2 Å². The number of carbonyl (C=O) groups excluding carboxylic acids is 4. The van der Waals surface area contributed by atoms with Gasteiger partial charge < -0.3 is 38.8 Å². The maximum Gasteiger partial charge on any atom is 0.303 e. The Balaban J connectivity index is 1.79. The highest BCUT2D eigenvalue weighted by Gasteiger charge is 2.52. The van der Waals surface area contributed by atoms with Crippen molar-refractivity contribution in [2.75, 3.05) is 37.7 Å². The molecule has 3 rings (SSSR count). The van der Waals surface area contributed by atoms with E-state index in [1.807, 2.05) is 35.2 Å². The van der Waals surface area contributed by atoms with Crippen LogP contribution < -0.4 is 10.2 Å². The molecule has 208 valence electrons. The second-order valence-corrected chi connectivity index (χ2v) is 9.27. The number of piperazine rings is 1. The van der Waals surface area contributed by atoms with E-state index in [1.54, 1.807) is 0 Å². The van der Waals surface area contributed by atoms with E-state index in [0.717, 1.165) is 18.8 Å². The van der Waals surface area contributed by atoms with Crippen LogP contribution in [-0.4, -0.2) is 97.3 Å². The summed E-state index contributed by atoms with van der Waals surface area (Å²) in [6.45, 7) is 7.13. The van der Waals surface area contributed by atoms with Gasteiger partial charge in [-0.2, -0.15) is 0 Å². The fraction of sp³-hybridized carbons (Fsp3) is 0.560. The summed E-state index contributed by atoms with van der Waals surface area (Å²) in [7, 11) is 0. The van der Waals surface area contributed by atoms with Gasteiger partial charge in [0.2, 0.25) is 0 Å². The van der Waals surface area contributed by atoms with Gasteiger partial charge in [0, 0.05) is 59.6 Å². The molecule has 2 aliphatic heterocycles. The van der Waals surface area contributed by atoms with Crippen LogP contribution in [0.2, 0.25) is 0 Å². The Hall–Kier alpha value is -3.45. The summed E-state index contributed by atoms with van der Waals surface area (Å²) in [6, 6.07) is 10.0. The van der Waals surface area contributed by atoms with Crippen LogP contribution in [0.4, 0.5) is 5.69 Å². The van der Waals surface area contributed by atoms with Gasteiger partial charge in [0.25, 0.3) is 0 Å². The van der Waals surface area contributed by atoms with Crippen LogP contribution in [0, 0.1) is 0 Å². The first-order chi connectivity index (χ1) is 18.0. The Morgan fingerprint density at radius 3 is 1.95 bits per heavy atom. The third-order valence-corrected chi connectivity index (χ3v) is 6.32. The molecule has 5 atom stereocenters. The lowest BCUT2D eigenvalue weighted by Gasteiger charge is -2.45. The molecular weight excluding hydrogens is 518 g/mol. The predicted molar refractivity (Wildman–Crippen MR) is 138 cm³/mol. The topological polar surface area (TPSA) is 133 Å². The van der Waals surface area contributed by atoms with Gasteiger partial charge in [0.05, 0.1) is 0 Å². The maximum atomic E-state index is 12.0. The highest BCUT2D eigenvalue weighted by atomic mass is 32.1. The molecule has 2 saturated heterocycles. The molecule has 0 bridgehead atoms. The van der Waals surface area contributed by atoms with Crippen molar-refractivity contribution in [3.05, 3.63) is 30.3 Å². The van der Waals surface area contributed by atoms with Gasteiger partial charge in [-0.1, -0.05) is 18.2 Å². The van der Waals surface area contributed by atoms with E-state index in [9.17, 15) is 19.2 Å². The lowest BCUT2D eigenvalue weighted by atomic mass is 9.97. The van der Waals surface area contributed by atoms with Crippen molar-refractivity contribution in [1.82, 2.24) is 10.2 Å². The second kappa shape index (κ2) is 13.4. The van der Waals surface area contributed by atoms with Gasteiger partial charge in [-0.05, 0) is 24.4 Å². The Kier molecular flexibility index (Phi) is 10.2. The van der Waals surface area contributed by atoms with Crippen molar-refractivity contribution in [2.45, 2.75) is 58.3 Å². The molecule has 0 aromatic heterocycles. The molecule has 38 heavy (non-hydrogen) atoms. The van der Waals surface area contributed by atoms with Crippen molar-refractivity contribution in [1.29, 1.82) is 0 Å². The molecule has 1 aromatic rings. The molecule has 1 N–H and O–H groups in total. The number of benzene rings is 1. The lowest BCUT2D eigenvalue weighted by molar-refractivity contribution is -0.255. The molecule has 0 saturated carbocycles. The van der Waals surface area contributed by atoms with Gasteiger partial charge in [0.15, 0.2) is 29.7 Å². The first-order valence-electron chi connectivity index (χ1n) is 12.2. The number of esters is 4. The van der Waals surface area contributed by atoms with E-state index >= 15 is 0 Å². The summed E-state index contributed by atoms with van der Waals surface area (Å²) >= 11 is 5.64. The molecule has 0 amide bonds. The summed E-state index contributed by atoms with van der Waals surface area (Å²) < 4.78 is 27.5. The van der Waals surface area contributed by atoms with E-state index in [-0.39, 0.29) is 6.61 Å². The smallest absolute Gasteiger partial charge is 0.303 e. The van der Waals surface area contributed by atoms with Gasteiger partial charge >= 0.3 is 23.9 Å². The SMILES string of the molecule is CC(=O)OC[C@H]1O[C@@H](NC(=S)N2CCN(c3ccccc3)CC2)[C@@H](OC(C)=O)[C@@H](OC(C)=O)[C@H]1OC(C)=O. The van der Waals surface area contributed by atoms with Crippen LogP contribution >= 0.6 is 12.2 Å². The Morgan fingerprint density at radius 2 is 1.39 bits per heavy atom. The number of hydrogen-bond acceptors (Lipinski definition) is 11. The van der Waals surface area contributed by atoms with Crippen molar-refractivity contribution in [3.8, 4) is 0 Å². The third kappa shape index (κ3) is 8.02. The zero-order valence-electron chi connectivity index (χ0n) is 21.8. The normalized spacial score (nSPS) is 25.1. The lowest BCUT2D eigenvalue weighted by Crippen LogP contribution is -2.67. The monoisotopic (exact) mass is 551 g/mol. The van der Waals surface area contributed by atoms with Crippen LogP contribution in [0.15, 0.2) is 30.3 Å². The first kappa shape index (κ1) is 29.1. The zero-order valence-corrected chi connectivity index (χ0v) is 22.6. The Morgan fingerprint density at radius 1 is 0.842 bits per heavy atom. The molecule has 2 aliphatic rings. The van der Waals surface area contributed by atoms with Crippen molar-refractivity contribution in [3.63, 3.8) is 0 Å². The van der Waals surface area contributed by atoms with E-state index in [1.165, 1.54) is 27.7 Å². The molecule has 13 heteroatoms. The summed E-state index contributed by atoms with van der Waals surface area (Å²) in [5.74, 6) is -2.65. The van der Waals surface area contributed by atoms with Crippen molar-refractivity contribution < 1.29 is 42.9 Å². The highest BCUT2D eigenvalue weighted by molar-refractivity contribution is 7.80. The molecular formula is C25H33N3O9S. The fourth-order valence-electron chi connectivity index (χ4n) is 4.36. The van der Waals surface area contributed by atoms with Crippen LogP contribution in [0.3, 0.4) is 0 Å². The number of anilines is 1. The molecule has 0 spiro atoms. The summed E-state index contributed by atoms with van der Waals surface area (Å²) in [4.78, 5) is 51.5. The first-order valence-corrected chi connectivity index (χ1v) is 12.6. The van der Waals surface area contributed by atoms with Gasteiger partial charge in [0.1, 0.15) is 12.7 Å². The van der Waals surface area contributed by atoms with Crippen molar-refractivity contribution in [2.24, 2.45) is 0 Å². The summed E-state index contributed by atoms with van der Waals surface area (Å²) in [6.07, 6.45) is -5.85. The average molecular weight is 552 g/mol. The highest BCUT2D eigenvalue weighted by Crippen LogP contribution is 2.28. The number of thiocarbonyl (C=S) groups is 1. The van der Waals surface area contributed by atoms with Gasteiger partial charge in [-0.15, -0.1) is 0 Å². The van der Waals surface area contributed by atoms with Gasteiger partial charge in [-0.25, -0.2) is 0 Å². The summed E-state index contributed by atoms with van der Waals surface area (Å²) in [5, 5.41) is 3.39. The molecule has 0 aliphatic carbocycles. The number of ether oxygens (including phenoxy) is 5. The van der Waals surface area contributed by atoms with E-state index in [0.29, 0.717) is 18.2 Å². The average Bonchev–Trinajstić information content (AvgIpc) is 2.86. The zero-order chi connectivity index (χ0) is 27.8. The maximum absolute atomic E-state index is 12.0. The fourth-order valence-corrected chi connectivity index (χ4v) is 4.66. The van der Waals surface area contributed by atoms with E-state index in [4.69, 9.17) is 35.9 Å². The number of nitrogens with zero attached hydrogens (tertiary/aromatic N) is 2. The van der Waals surface area contributed by atoms with E-state index < -0.39 is 54.5 Å². The summed E-state index contributed by atoms with van der Waals surface area (Å²) in [5.41, 5.74) is 1.12. The van der Waals surface area contributed by atoms with Crippen LogP contribution in [0.5, 0.6) is 0 Å². The molecule has 1 aromatic carbocycles. The Bertz CT molecular complexity index is 1020. The van der Waals surface area contributed by atoms with Crippen LogP contribution in [0.1, 0.15) is 27.7 Å². The van der Waals surface area contributed by atoms with Crippen molar-refractivity contribution >= 4 is 46.9 Å². The standard InChI is InChI=1S/C25H33N3O9S/c1-15(29)33-14-20-21(34-16(2)30)22(35-17(3)31)23(36-18(4)32)24(37-20)26-25(38)28-12-10-27(11-13-28)19-8-6-5-7-9-19/h5-9,20-24H,10-14H2,1-4H3,(H,26,38)/t20-,21+,22+,23+,24-/m1/s1. The minimum atomic E-state index is -1.26. The quantitative estimate of drug-likeness (QED) is 0.291. The molecule has 2 fully saturated rings. The minimum Gasteiger partial charge on any atom is -0.463 e. The molecule has 2 heterocycles. The Labute approximate surface area is 226 Å². The largest absolute Gasteiger partial charge is 0.463 e.